The minimum absolute atomic E-state index is 0.363. The first-order chi connectivity index (χ1) is 6.25. The zero-order valence-corrected chi connectivity index (χ0v) is 12.2. The summed E-state index contributed by atoms with van der Waals surface area (Å²) in [5, 5.41) is 0. The molecular formula is C13H22Se. The molecule has 0 aliphatic rings. The van der Waals surface area contributed by atoms with Crippen molar-refractivity contribution in [2.75, 3.05) is 0 Å². The van der Waals surface area contributed by atoms with E-state index < -0.39 is 0 Å². The van der Waals surface area contributed by atoms with Crippen molar-refractivity contribution in [1.82, 2.24) is 0 Å². The molecule has 0 aliphatic carbocycles. The predicted octanol–water partition coefficient (Wildman–Crippen LogP) is 3.78. The fraction of sp³-hybridized carbons (Fsp3) is 0.692. The van der Waals surface area contributed by atoms with Crippen LogP contribution in [-0.4, -0.2) is 14.5 Å². The van der Waals surface area contributed by atoms with Crippen molar-refractivity contribution in [2.24, 2.45) is 0 Å². The van der Waals surface area contributed by atoms with Crippen LogP contribution in [0.4, 0.5) is 0 Å². The Labute approximate surface area is 94.5 Å². The van der Waals surface area contributed by atoms with Gasteiger partial charge in [-0.1, -0.05) is 0 Å². The molecule has 1 aromatic heterocycles. The van der Waals surface area contributed by atoms with Gasteiger partial charge < -0.3 is 0 Å². The van der Waals surface area contributed by atoms with Crippen molar-refractivity contribution in [1.29, 1.82) is 0 Å². The molecular weight excluding hydrogens is 235 g/mol. The van der Waals surface area contributed by atoms with E-state index in [1.54, 1.807) is 20.0 Å². The standard InChI is InChI=1S/C13H22Se/c1-8(2)11-9(3)10(4)12(14-11)13(5,6)7/h8H,1-7H3. The van der Waals surface area contributed by atoms with Crippen molar-refractivity contribution in [2.45, 2.75) is 59.8 Å². The fourth-order valence-corrected chi connectivity index (χ4v) is 4.77. The maximum absolute atomic E-state index is 2.34. The molecule has 0 aromatic carbocycles. The average Bonchev–Trinajstić information content (AvgIpc) is 2.28. The van der Waals surface area contributed by atoms with Crippen LogP contribution in [-0.2, 0) is 5.41 Å². The molecule has 0 bridgehead atoms. The van der Waals surface area contributed by atoms with Crippen molar-refractivity contribution in [3.05, 3.63) is 20.0 Å². The van der Waals surface area contributed by atoms with E-state index >= 15 is 0 Å². The molecule has 14 heavy (non-hydrogen) atoms. The van der Waals surface area contributed by atoms with Crippen molar-refractivity contribution in [3.8, 4) is 0 Å². The average molecular weight is 257 g/mol. The summed E-state index contributed by atoms with van der Waals surface area (Å²) in [6.45, 7) is 16.2. The van der Waals surface area contributed by atoms with Gasteiger partial charge in [-0.05, 0) is 0 Å². The first-order valence-electron chi connectivity index (χ1n) is 5.35. The van der Waals surface area contributed by atoms with E-state index in [4.69, 9.17) is 0 Å². The Kier molecular flexibility index (Phi) is 3.33. The van der Waals surface area contributed by atoms with E-state index in [9.17, 15) is 0 Å². The van der Waals surface area contributed by atoms with Gasteiger partial charge in [0.2, 0.25) is 0 Å². The SMILES string of the molecule is Cc1c(C(C)C)[se]c(C(C)(C)C)c1C. The van der Waals surface area contributed by atoms with E-state index in [-0.39, 0.29) is 0 Å². The van der Waals surface area contributed by atoms with Crippen molar-refractivity contribution >= 4 is 14.5 Å². The van der Waals surface area contributed by atoms with E-state index in [0.29, 0.717) is 19.9 Å². The molecule has 80 valence electrons. The van der Waals surface area contributed by atoms with Gasteiger partial charge in [0.15, 0.2) is 0 Å². The number of hydrogen-bond acceptors (Lipinski definition) is 0. The monoisotopic (exact) mass is 258 g/mol. The summed E-state index contributed by atoms with van der Waals surface area (Å²) in [5.74, 6) is 0.727. The Morgan fingerprint density at radius 3 is 1.71 bits per heavy atom. The predicted molar refractivity (Wildman–Crippen MR) is 65.6 cm³/mol. The third kappa shape index (κ3) is 2.15. The number of hydrogen-bond donors (Lipinski definition) is 0. The molecule has 0 aliphatic heterocycles. The molecule has 1 heteroatoms. The van der Waals surface area contributed by atoms with Crippen molar-refractivity contribution < 1.29 is 0 Å². The van der Waals surface area contributed by atoms with Crippen LogP contribution in [0.25, 0.3) is 0 Å². The molecule has 0 saturated heterocycles. The fourth-order valence-electron chi connectivity index (χ4n) is 1.88. The summed E-state index contributed by atoms with van der Waals surface area (Å²) in [4.78, 5) is 0. The van der Waals surface area contributed by atoms with Gasteiger partial charge in [-0.3, -0.25) is 0 Å². The molecule has 1 aromatic rings. The summed E-state index contributed by atoms with van der Waals surface area (Å²) >= 11 is 0.612. The zero-order chi connectivity index (χ0) is 11.1. The van der Waals surface area contributed by atoms with Crippen LogP contribution < -0.4 is 0 Å². The third-order valence-corrected chi connectivity index (χ3v) is 7.14. The third-order valence-electron chi connectivity index (χ3n) is 2.69. The van der Waals surface area contributed by atoms with Gasteiger partial charge in [0.1, 0.15) is 0 Å². The second-order valence-electron chi connectivity index (χ2n) is 5.45. The Hall–Kier alpha value is -0.000519. The topological polar surface area (TPSA) is 0 Å². The molecule has 0 saturated carbocycles. The molecule has 1 rings (SSSR count). The van der Waals surface area contributed by atoms with Gasteiger partial charge in [0, 0.05) is 0 Å². The van der Waals surface area contributed by atoms with E-state index in [2.05, 4.69) is 48.5 Å². The van der Waals surface area contributed by atoms with Gasteiger partial charge >= 0.3 is 94.3 Å². The second-order valence-corrected chi connectivity index (χ2v) is 7.66. The molecule has 0 nitrogen and oxygen atoms in total. The summed E-state index contributed by atoms with van der Waals surface area (Å²) in [5.41, 5.74) is 3.51. The van der Waals surface area contributed by atoms with E-state index in [1.165, 1.54) is 0 Å². The van der Waals surface area contributed by atoms with Gasteiger partial charge in [0.25, 0.3) is 0 Å². The Morgan fingerprint density at radius 2 is 1.50 bits per heavy atom. The molecule has 0 amide bonds. The molecule has 0 fully saturated rings. The Bertz CT molecular complexity index is 324. The maximum atomic E-state index is 2.34. The zero-order valence-electron chi connectivity index (χ0n) is 10.5. The van der Waals surface area contributed by atoms with E-state index in [0.717, 1.165) is 5.92 Å². The normalized spacial score (nSPS) is 12.6. The quantitative estimate of drug-likeness (QED) is 0.672. The van der Waals surface area contributed by atoms with Crippen LogP contribution >= 0.6 is 0 Å². The van der Waals surface area contributed by atoms with Gasteiger partial charge in [0.05, 0.1) is 0 Å². The Morgan fingerprint density at radius 1 is 1.00 bits per heavy atom. The first kappa shape index (κ1) is 12.1. The van der Waals surface area contributed by atoms with E-state index in [1.807, 2.05) is 0 Å². The molecule has 1 heterocycles. The summed E-state index contributed by atoms with van der Waals surface area (Å²) < 4.78 is 3.41. The molecule has 0 unspecified atom stereocenters. The first-order valence-corrected chi connectivity index (χ1v) is 7.06. The molecule has 0 N–H and O–H groups in total. The molecule has 0 atom stereocenters. The van der Waals surface area contributed by atoms with Crippen LogP contribution in [0.15, 0.2) is 0 Å². The van der Waals surface area contributed by atoms with Crippen LogP contribution in [0.5, 0.6) is 0 Å². The van der Waals surface area contributed by atoms with Crippen LogP contribution in [0.3, 0.4) is 0 Å². The van der Waals surface area contributed by atoms with Gasteiger partial charge in [-0.25, -0.2) is 0 Å². The van der Waals surface area contributed by atoms with Crippen LogP contribution in [0, 0.1) is 13.8 Å². The van der Waals surface area contributed by atoms with Crippen LogP contribution in [0.2, 0.25) is 0 Å². The number of rotatable bonds is 1. The van der Waals surface area contributed by atoms with Crippen molar-refractivity contribution in [3.63, 3.8) is 0 Å². The molecule has 0 spiro atoms. The second kappa shape index (κ2) is 3.87. The minimum atomic E-state index is 0.363. The summed E-state index contributed by atoms with van der Waals surface area (Å²) in [6.07, 6.45) is 0. The summed E-state index contributed by atoms with van der Waals surface area (Å²) in [6, 6.07) is 0. The summed E-state index contributed by atoms with van der Waals surface area (Å²) in [7, 11) is 0. The molecule has 0 radical (unpaired) electrons. The van der Waals surface area contributed by atoms with Gasteiger partial charge in [-0.15, -0.1) is 0 Å². The van der Waals surface area contributed by atoms with Crippen LogP contribution in [0.1, 0.15) is 60.5 Å². The Balaban J connectivity index is 3.29. The van der Waals surface area contributed by atoms with Gasteiger partial charge in [-0.2, -0.15) is 0 Å².